The van der Waals surface area contributed by atoms with E-state index in [9.17, 15) is 14.2 Å². The molecule has 0 aromatic carbocycles. The van der Waals surface area contributed by atoms with Gasteiger partial charge in [0.25, 0.3) is 0 Å². The highest BCUT2D eigenvalue weighted by atomic mass is 31.1. The standard InChI is InChI=1S/C6H7O3P/c1-3-5(7)10(9)6(8)4-2/h3-4,10H,1-2H2. The van der Waals surface area contributed by atoms with E-state index in [1.54, 1.807) is 0 Å². The van der Waals surface area contributed by atoms with E-state index in [0.717, 1.165) is 12.2 Å². The van der Waals surface area contributed by atoms with Gasteiger partial charge in [0.1, 0.15) is 0 Å². The molecule has 0 aromatic heterocycles. The minimum absolute atomic E-state index is 0.713. The molecular formula is C6H7O3P. The van der Waals surface area contributed by atoms with Gasteiger partial charge in [-0.15, -0.1) is 0 Å². The van der Waals surface area contributed by atoms with Crippen molar-refractivity contribution in [2.45, 2.75) is 0 Å². The zero-order valence-electron chi connectivity index (χ0n) is 5.29. The summed E-state index contributed by atoms with van der Waals surface area (Å²) in [4.78, 5) is 20.9. The van der Waals surface area contributed by atoms with Crippen molar-refractivity contribution in [2.75, 3.05) is 0 Å². The van der Waals surface area contributed by atoms with E-state index in [4.69, 9.17) is 0 Å². The summed E-state index contributed by atoms with van der Waals surface area (Å²) in [6.45, 7) is 6.18. The zero-order valence-corrected chi connectivity index (χ0v) is 6.29. The molecule has 0 N–H and O–H groups in total. The van der Waals surface area contributed by atoms with Crippen molar-refractivity contribution in [1.29, 1.82) is 0 Å². The third-order valence-electron chi connectivity index (χ3n) is 0.818. The van der Waals surface area contributed by atoms with Gasteiger partial charge in [-0.3, -0.25) is 9.59 Å². The van der Waals surface area contributed by atoms with E-state index >= 15 is 0 Å². The van der Waals surface area contributed by atoms with Gasteiger partial charge in [-0.1, -0.05) is 13.2 Å². The highest BCUT2D eigenvalue weighted by Crippen LogP contribution is 2.23. The lowest BCUT2D eigenvalue weighted by molar-refractivity contribution is -0.110. The summed E-state index contributed by atoms with van der Waals surface area (Å²) >= 11 is 0. The Morgan fingerprint density at radius 3 is 1.60 bits per heavy atom. The van der Waals surface area contributed by atoms with Gasteiger partial charge in [0.05, 0.1) is 0 Å². The van der Waals surface area contributed by atoms with E-state index < -0.39 is 18.8 Å². The molecule has 0 aliphatic heterocycles. The molecule has 0 saturated heterocycles. The van der Waals surface area contributed by atoms with Crippen molar-refractivity contribution in [3.05, 3.63) is 25.3 Å². The van der Waals surface area contributed by atoms with Crippen LogP contribution in [0.25, 0.3) is 0 Å². The first-order valence-electron chi connectivity index (χ1n) is 2.51. The van der Waals surface area contributed by atoms with Crippen molar-refractivity contribution < 1.29 is 14.2 Å². The highest BCUT2D eigenvalue weighted by molar-refractivity contribution is 7.80. The SMILES string of the molecule is C=CC(=O)[PH](=O)C(=O)C=C. The molecule has 0 bridgehead atoms. The molecule has 0 unspecified atom stereocenters. The van der Waals surface area contributed by atoms with Gasteiger partial charge in [0.2, 0.25) is 18.8 Å². The van der Waals surface area contributed by atoms with Crippen LogP contribution >= 0.6 is 7.80 Å². The number of carbonyl (C=O) groups is 2. The average Bonchev–Trinajstić information content (AvgIpc) is 2.00. The molecule has 0 atom stereocenters. The molecule has 0 amide bonds. The van der Waals surface area contributed by atoms with Crippen molar-refractivity contribution in [3.63, 3.8) is 0 Å². The maximum absolute atomic E-state index is 10.6. The van der Waals surface area contributed by atoms with E-state index in [1.807, 2.05) is 0 Å². The molecule has 3 nitrogen and oxygen atoms in total. The monoisotopic (exact) mass is 158 g/mol. The fourth-order valence-corrected chi connectivity index (χ4v) is 0.920. The maximum atomic E-state index is 10.6. The molecule has 0 aliphatic carbocycles. The lowest BCUT2D eigenvalue weighted by Gasteiger charge is -1.87. The van der Waals surface area contributed by atoms with Gasteiger partial charge >= 0.3 is 0 Å². The molecule has 4 heteroatoms. The second kappa shape index (κ2) is 3.96. The molecule has 0 spiro atoms. The van der Waals surface area contributed by atoms with Crippen LogP contribution in [0.2, 0.25) is 0 Å². The summed E-state index contributed by atoms with van der Waals surface area (Å²) < 4.78 is 10.6. The summed E-state index contributed by atoms with van der Waals surface area (Å²) in [7, 11) is -2.81. The second-order valence-corrected chi connectivity index (χ2v) is 3.11. The number of hydrogen-bond donors (Lipinski definition) is 0. The smallest absolute Gasteiger partial charge is 0.218 e. The molecular weight excluding hydrogens is 151 g/mol. The van der Waals surface area contributed by atoms with Crippen LogP contribution in [0.3, 0.4) is 0 Å². The van der Waals surface area contributed by atoms with Crippen LogP contribution < -0.4 is 0 Å². The average molecular weight is 158 g/mol. The van der Waals surface area contributed by atoms with Crippen LogP contribution in [0.15, 0.2) is 25.3 Å². The molecule has 0 fully saturated rings. The minimum atomic E-state index is -2.81. The highest BCUT2D eigenvalue weighted by Gasteiger charge is 2.12. The number of allylic oxidation sites excluding steroid dienone is 2. The largest absolute Gasteiger partial charge is 0.310 e. The van der Waals surface area contributed by atoms with Crippen molar-refractivity contribution in [3.8, 4) is 0 Å². The number of carbonyl (C=O) groups excluding carboxylic acids is 2. The van der Waals surface area contributed by atoms with Crippen LogP contribution in [-0.4, -0.2) is 11.0 Å². The van der Waals surface area contributed by atoms with Crippen LogP contribution in [0.1, 0.15) is 0 Å². The Balaban J connectivity index is 4.36. The Morgan fingerprint density at radius 1 is 1.10 bits per heavy atom. The summed E-state index contributed by atoms with van der Waals surface area (Å²) in [5, 5.41) is 0. The first kappa shape index (κ1) is 9.05. The van der Waals surface area contributed by atoms with Crippen LogP contribution in [0, 0.1) is 0 Å². The molecule has 0 heterocycles. The molecule has 54 valence electrons. The fraction of sp³-hybridized carbons (Fsp3) is 0. The zero-order chi connectivity index (χ0) is 8.15. The summed E-state index contributed by atoms with van der Waals surface area (Å²) in [6, 6.07) is 0. The van der Waals surface area contributed by atoms with Crippen molar-refractivity contribution in [2.24, 2.45) is 0 Å². The topological polar surface area (TPSA) is 51.2 Å². The Morgan fingerprint density at radius 2 is 1.40 bits per heavy atom. The molecule has 0 aromatic rings. The Bertz CT molecular complexity index is 195. The lowest BCUT2D eigenvalue weighted by atomic mass is 10.7. The normalized spacial score (nSPS) is 8.90. The first-order chi connectivity index (χ1) is 4.63. The Labute approximate surface area is 59.2 Å². The number of rotatable bonds is 4. The maximum Gasteiger partial charge on any atom is 0.218 e. The third kappa shape index (κ3) is 2.11. The van der Waals surface area contributed by atoms with E-state index in [1.165, 1.54) is 0 Å². The fourth-order valence-electron chi connectivity index (χ4n) is 0.307. The van der Waals surface area contributed by atoms with Gasteiger partial charge in [0, 0.05) is 0 Å². The van der Waals surface area contributed by atoms with Gasteiger partial charge in [-0.2, -0.15) is 0 Å². The van der Waals surface area contributed by atoms with Crippen molar-refractivity contribution >= 4 is 18.8 Å². The quantitative estimate of drug-likeness (QED) is 0.452. The molecule has 10 heavy (non-hydrogen) atoms. The Kier molecular flexibility index (Phi) is 3.59. The summed E-state index contributed by atoms with van der Waals surface area (Å²) in [6.07, 6.45) is 1.76. The van der Waals surface area contributed by atoms with Gasteiger partial charge in [0.15, 0.2) is 0 Å². The van der Waals surface area contributed by atoms with Gasteiger partial charge in [-0.05, 0) is 12.2 Å². The predicted molar refractivity (Wildman–Crippen MR) is 39.4 cm³/mol. The summed E-state index contributed by atoms with van der Waals surface area (Å²) in [5.74, 6) is 0. The van der Waals surface area contributed by atoms with Gasteiger partial charge < -0.3 is 4.57 Å². The molecule has 0 aliphatic rings. The number of hydrogen-bond acceptors (Lipinski definition) is 3. The molecule has 0 radical (unpaired) electrons. The lowest BCUT2D eigenvalue weighted by Crippen LogP contribution is -1.91. The third-order valence-corrected chi connectivity index (χ3v) is 2.12. The molecule has 0 rings (SSSR count). The summed E-state index contributed by atoms with van der Waals surface area (Å²) in [5.41, 5.74) is -1.43. The van der Waals surface area contributed by atoms with E-state index in [0.29, 0.717) is 0 Å². The predicted octanol–water partition coefficient (Wildman–Crippen LogP) is 0.971. The molecule has 0 saturated carbocycles. The Hall–Kier alpha value is -0.950. The first-order valence-corrected chi connectivity index (χ1v) is 3.91. The van der Waals surface area contributed by atoms with E-state index in [-0.39, 0.29) is 0 Å². The van der Waals surface area contributed by atoms with E-state index in [2.05, 4.69) is 13.2 Å². The van der Waals surface area contributed by atoms with Crippen molar-refractivity contribution in [1.82, 2.24) is 0 Å². The van der Waals surface area contributed by atoms with Crippen LogP contribution in [-0.2, 0) is 14.2 Å². The second-order valence-electron chi connectivity index (χ2n) is 1.47. The van der Waals surface area contributed by atoms with Crippen LogP contribution in [0.4, 0.5) is 0 Å². The van der Waals surface area contributed by atoms with Crippen LogP contribution in [0.5, 0.6) is 0 Å². The van der Waals surface area contributed by atoms with Gasteiger partial charge in [-0.25, -0.2) is 0 Å². The minimum Gasteiger partial charge on any atom is -0.310 e.